The van der Waals surface area contributed by atoms with Crippen LogP contribution in [0.5, 0.6) is 0 Å². The number of hydrogen-bond acceptors (Lipinski definition) is 2. The number of amides is 1. The van der Waals surface area contributed by atoms with Gasteiger partial charge in [0, 0.05) is 13.5 Å². The Morgan fingerprint density at radius 2 is 1.17 bits per heavy atom. The van der Waals surface area contributed by atoms with Crippen molar-refractivity contribution in [3.05, 3.63) is 0 Å². The predicted octanol–water partition coefficient (Wildman–Crippen LogP) is 2.13. The molecule has 5 heteroatoms. The standard InChI is InChI=1S/C19H37NO3.K.H/c1-3-4-5-6-7-8-9-10-11-12-13-14-15-16-18(21)20(2)17-19(22)23;;/h3-17H2,1-2H3,(H,22,23);;/q;+1;-1. The molecule has 0 atom stereocenters. The number of carboxylic acids is 1. The van der Waals surface area contributed by atoms with E-state index < -0.39 is 5.97 Å². The van der Waals surface area contributed by atoms with Crippen LogP contribution in [0.25, 0.3) is 0 Å². The average Bonchev–Trinajstić information content (AvgIpc) is 2.51. The summed E-state index contributed by atoms with van der Waals surface area (Å²) in [5.74, 6) is -1.01. The van der Waals surface area contributed by atoms with Crippen LogP contribution in [0.2, 0.25) is 0 Å². The molecule has 0 aromatic carbocycles. The first kappa shape index (κ1) is 26.8. The Hall–Kier alpha value is 0.576. The molecule has 0 aromatic heterocycles. The fourth-order valence-corrected chi connectivity index (χ4v) is 2.78. The molecule has 0 rings (SSSR count). The zero-order chi connectivity index (χ0) is 17.3. The molecule has 0 bridgehead atoms. The minimum atomic E-state index is -0.953. The van der Waals surface area contributed by atoms with Gasteiger partial charge in [-0.1, -0.05) is 84.0 Å². The molecule has 0 radical (unpaired) electrons. The van der Waals surface area contributed by atoms with Gasteiger partial charge < -0.3 is 11.4 Å². The van der Waals surface area contributed by atoms with Crippen LogP contribution >= 0.6 is 0 Å². The summed E-state index contributed by atoms with van der Waals surface area (Å²) in [5.41, 5.74) is 0. The molecular formula is C19H38KNO3. The summed E-state index contributed by atoms with van der Waals surface area (Å²) in [4.78, 5) is 23.4. The van der Waals surface area contributed by atoms with Gasteiger partial charge in [0.2, 0.25) is 5.91 Å². The summed E-state index contributed by atoms with van der Waals surface area (Å²) in [5, 5.41) is 8.62. The van der Waals surface area contributed by atoms with Crippen LogP contribution < -0.4 is 51.4 Å². The SMILES string of the molecule is CCCCCCCCCCCCCCCC(=O)N(C)CC(=O)O.[H-].[K+]. The smallest absolute Gasteiger partial charge is 1.00 e. The van der Waals surface area contributed by atoms with Gasteiger partial charge in [0.25, 0.3) is 0 Å². The molecule has 138 valence electrons. The average molecular weight is 368 g/mol. The molecule has 0 saturated carbocycles. The molecule has 0 aliphatic rings. The largest absolute Gasteiger partial charge is 1.00 e. The molecule has 1 amide bonds. The van der Waals surface area contributed by atoms with E-state index in [2.05, 4.69) is 6.92 Å². The number of carbonyl (C=O) groups is 2. The van der Waals surface area contributed by atoms with Gasteiger partial charge in [0.15, 0.2) is 0 Å². The van der Waals surface area contributed by atoms with Crippen molar-refractivity contribution in [1.82, 2.24) is 4.90 Å². The van der Waals surface area contributed by atoms with Crippen LogP contribution in [0.1, 0.15) is 98.2 Å². The third-order valence-electron chi connectivity index (χ3n) is 4.29. The molecule has 0 aliphatic carbocycles. The first-order valence-electron chi connectivity index (χ1n) is 9.53. The number of hydrogen-bond donors (Lipinski definition) is 1. The van der Waals surface area contributed by atoms with Gasteiger partial charge in [-0.15, -0.1) is 0 Å². The number of rotatable bonds is 16. The van der Waals surface area contributed by atoms with Crippen LogP contribution in [-0.4, -0.2) is 35.5 Å². The van der Waals surface area contributed by atoms with E-state index in [1.165, 1.54) is 75.5 Å². The molecule has 24 heavy (non-hydrogen) atoms. The van der Waals surface area contributed by atoms with E-state index in [4.69, 9.17) is 5.11 Å². The fourth-order valence-electron chi connectivity index (χ4n) is 2.78. The van der Waals surface area contributed by atoms with Crippen molar-refractivity contribution in [1.29, 1.82) is 0 Å². The second-order valence-corrected chi connectivity index (χ2v) is 6.64. The van der Waals surface area contributed by atoms with E-state index in [1.807, 2.05) is 0 Å². The summed E-state index contributed by atoms with van der Waals surface area (Å²) in [6, 6.07) is 0. The molecule has 0 aromatic rings. The molecule has 1 N–H and O–H groups in total. The summed E-state index contributed by atoms with van der Waals surface area (Å²) in [7, 11) is 1.55. The first-order chi connectivity index (χ1) is 11.1. The van der Waals surface area contributed by atoms with Crippen LogP contribution in [-0.2, 0) is 9.59 Å². The second kappa shape index (κ2) is 19.9. The molecule has 0 fully saturated rings. The third kappa shape index (κ3) is 18.9. The Morgan fingerprint density at radius 3 is 1.54 bits per heavy atom. The van der Waals surface area contributed by atoms with Crippen molar-refractivity contribution in [3.63, 3.8) is 0 Å². The molecule has 0 unspecified atom stereocenters. The Labute approximate surface area is 193 Å². The number of aliphatic carboxylic acids is 1. The quantitative estimate of drug-likeness (QED) is 0.336. The topological polar surface area (TPSA) is 57.6 Å². The number of nitrogens with zero attached hydrogens (tertiary/aromatic N) is 1. The summed E-state index contributed by atoms with van der Waals surface area (Å²) >= 11 is 0. The van der Waals surface area contributed by atoms with Gasteiger partial charge in [0.05, 0.1) is 0 Å². The summed E-state index contributed by atoms with van der Waals surface area (Å²) in [6.07, 6.45) is 17.2. The number of unbranched alkanes of at least 4 members (excludes halogenated alkanes) is 12. The van der Waals surface area contributed by atoms with E-state index in [-0.39, 0.29) is 65.3 Å². The Balaban J connectivity index is -0.00000242. The van der Waals surface area contributed by atoms with Gasteiger partial charge in [-0.3, -0.25) is 9.59 Å². The van der Waals surface area contributed by atoms with Gasteiger partial charge >= 0.3 is 57.4 Å². The molecule has 0 saturated heterocycles. The van der Waals surface area contributed by atoms with Crippen molar-refractivity contribution in [2.24, 2.45) is 0 Å². The minimum Gasteiger partial charge on any atom is -1.00 e. The predicted molar refractivity (Wildman–Crippen MR) is 96.7 cm³/mol. The van der Waals surface area contributed by atoms with Gasteiger partial charge in [-0.05, 0) is 6.42 Å². The second-order valence-electron chi connectivity index (χ2n) is 6.64. The number of likely N-dealkylation sites (N-methyl/N-ethyl adjacent to an activating group) is 1. The van der Waals surface area contributed by atoms with Crippen molar-refractivity contribution < 1.29 is 67.5 Å². The van der Waals surface area contributed by atoms with Crippen LogP contribution in [0.3, 0.4) is 0 Å². The van der Waals surface area contributed by atoms with Crippen molar-refractivity contribution >= 4 is 11.9 Å². The number of carbonyl (C=O) groups excluding carboxylic acids is 1. The van der Waals surface area contributed by atoms with Crippen LogP contribution in [0.4, 0.5) is 0 Å². The van der Waals surface area contributed by atoms with Gasteiger partial charge in [0.1, 0.15) is 6.54 Å². The third-order valence-corrected chi connectivity index (χ3v) is 4.29. The fraction of sp³-hybridized carbons (Fsp3) is 0.895. The van der Waals surface area contributed by atoms with E-state index in [1.54, 1.807) is 7.05 Å². The van der Waals surface area contributed by atoms with E-state index in [0.29, 0.717) is 6.42 Å². The maximum Gasteiger partial charge on any atom is 1.00 e. The molecule has 4 nitrogen and oxygen atoms in total. The van der Waals surface area contributed by atoms with Crippen LogP contribution in [0.15, 0.2) is 0 Å². The Morgan fingerprint density at radius 1 is 0.792 bits per heavy atom. The molecule has 0 heterocycles. The number of carboxylic acid groups (broad SMARTS) is 1. The monoisotopic (exact) mass is 367 g/mol. The molecular weight excluding hydrogens is 329 g/mol. The van der Waals surface area contributed by atoms with Crippen LogP contribution in [0, 0.1) is 0 Å². The molecule has 0 spiro atoms. The van der Waals surface area contributed by atoms with Crippen molar-refractivity contribution in [3.8, 4) is 0 Å². The maximum atomic E-state index is 11.6. The first-order valence-corrected chi connectivity index (χ1v) is 9.53. The van der Waals surface area contributed by atoms with Crippen molar-refractivity contribution in [2.45, 2.75) is 96.8 Å². The van der Waals surface area contributed by atoms with Crippen molar-refractivity contribution in [2.75, 3.05) is 13.6 Å². The summed E-state index contributed by atoms with van der Waals surface area (Å²) < 4.78 is 0. The minimum absolute atomic E-state index is 0. The van der Waals surface area contributed by atoms with Gasteiger partial charge in [-0.2, -0.15) is 0 Å². The van der Waals surface area contributed by atoms with E-state index in [9.17, 15) is 9.59 Å². The zero-order valence-corrected chi connectivity index (χ0v) is 19.4. The maximum absolute atomic E-state index is 11.6. The normalized spacial score (nSPS) is 10.2. The van der Waals surface area contributed by atoms with E-state index >= 15 is 0 Å². The zero-order valence-electron chi connectivity index (χ0n) is 17.3. The Kier molecular flexibility index (Phi) is 22.2. The van der Waals surface area contributed by atoms with E-state index in [0.717, 1.165) is 12.8 Å². The summed E-state index contributed by atoms with van der Waals surface area (Å²) in [6.45, 7) is 2.06. The Bertz CT molecular complexity index is 317. The van der Waals surface area contributed by atoms with Gasteiger partial charge in [-0.25, -0.2) is 0 Å². The molecule has 0 aliphatic heterocycles.